The van der Waals surface area contributed by atoms with Crippen molar-refractivity contribution < 1.29 is 4.79 Å². The fraction of sp³-hybridized carbons (Fsp3) is 0.500. The Morgan fingerprint density at radius 2 is 2.44 bits per heavy atom. The van der Waals surface area contributed by atoms with Crippen molar-refractivity contribution in [2.24, 2.45) is 0 Å². The molecule has 0 radical (unpaired) electrons. The molecule has 0 aromatic carbocycles. The third kappa shape index (κ3) is 2.27. The van der Waals surface area contributed by atoms with Gasteiger partial charge in [0.25, 0.3) is 0 Å². The van der Waals surface area contributed by atoms with E-state index in [9.17, 15) is 4.79 Å². The summed E-state index contributed by atoms with van der Waals surface area (Å²) >= 11 is 1.80. The van der Waals surface area contributed by atoms with Crippen LogP contribution >= 0.6 is 11.3 Å². The number of hydrogen-bond acceptors (Lipinski definition) is 2. The van der Waals surface area contributed by atoms with Crippen LogP contribution in [0, 0.1) is 0 Å². The molecule has 1 aromatic rings. The van der Waals surface area contributed by atoms with Gasteiger partial charge in [-0.2, -0.15) is 0 Å². The zero-order valence-corrected chi connectivity index (χ0v) is 10.6. The highest BCUT2D eigenvalue weighted by Crippen LogP contribution is 2.36. The van der Waals surface area contributed by atoms with Crippen molar-refractivity contribution in [3.63, 3.8) is 0 Å². The monoisotopic (exact) mass is 234 g/mol. The van der Waals surface area contributed by atoms with E-state index in [-0.39, 0.29) is 5.92 Å². The molecule has 1 unspecified atom stereocenters. The van der Waals surface area contributed by atoms with Gasteiger partial charge in [0, 0.05) is 17.2 Å². The molecule has 0 N–H and O–H groups in total. The number of ketones is 1. The van der Waals surface area contributed by atoms with E-state index < -0.39 is 0 Å². The summed E-state index contributed by atoms with van der Waals surface area (Å²) in [4.78, 5) is 13.6. The average molecular weight is 234 g/mol. The third-order valence-corrected chi connectivity index (χ3v) is 4.36. The number of carbonyl (C=O) groups excluding carboxylic acids is 1. The van der Waals surface area contributed by atoms with Gasteiger partial charge in [0.05, 0.1) is 0 Å². The first-order valence-corrected chi connectivity index (χ1v) is 6.86. The molecule has 1 nitrogen and oxygen atoms in total. The van der Waals surface area contributed by atoms with Gasteiger partial charge in [0.1, 0.15) is 5.78 Å². The second-order valence-electron chi connectivity index (χ2n) is 4.49. The van der Waals surface area contributed by atoms with Crippen LogP contribution in [0.4, 0.5) is 0 Å². The first-order valence-electron chi connectivity index (χ1n) is 5.98. The van der Waals surface area contributed by atoms with Crippen LogP contribution in [0.5, 0.6) is 0 Å². The van der Waals surface area contributed by atoms with Crippen molar-refractivity contribution in [2.45, 2.75) is 44.9 Å². The van der Waals surface area contributed by atoms with E-state index in [2.05, 4.69) is 24.9 Å². The smallest absolute Gasteiger partial charge is 0.144 e. The topological polar surface area (TPSA) is 17.1 Å². The van der Waals surface area contributed by atoms with E-state index in [1.54, 1.807) is 11.3 Å². The lowest BCUT2D eigenvalue weighted by Gasteiger charge is -2.21. The second-order valence-corrected chi connectivity index (χ2v) is 5.49. The van der Waals surface area contributed by atoms with Crippen LogP contribution in [0.1, 0.15) is 49.0 Å². The zero-order chi connectivity index (χ0) is 11.5. The number of hydrogen-bond donors (Lipinski definition) is 0. The summed E-state index contributed by atoms with van der Waals surface area (Å²) in [5, 5.41) is 2.12. The number of fused-ring (bicyclic) bond motifs is 1. The lowest BCUT2D eigenvalue weighted by Crippen LogP contribution is -2.17. The van der Waals surface area contributed by atoms with Crippen LogP contribution in [0.15, 0.2) is 23.6 Å². The van der Waals surface area contributed by atoms with Crippen LogP contribution in [0.3, 0.4) is 0 Å². The molecule has 16 heavy (non-hydrogen) atoms. The summed E-state index contributed by atoms with van der Waals surface area (Å²) in [5.74, 6) is 0.518. The van der Waals surface area contributed by atoms with E-state index in [0.29, 0.717) is 12.2 Å². The number of carbonyl (C=O) groups is 1. The Bertz CT molecular complexity index is 403. The quantitative estimate of drug-likeness (QED) is 0.717. The van der Waals surface area contributed by atoms with Crippen molar-refractivity contribution in [3.05, 3.63) is 34.0 Å². The van der Waals surface area contributed by atoms with Crippen molar-refractivity contribution in [1.29, 1.82) is 0 Å². The number of rotatable bonds is 4. The molecule has 0 spiro atoms. The Morgan fingerprint density at radius 1 is 1.62 bits per heavy atom. The minimum Gasteiger partial charge on any atom is -0.299 e. The third-order valence-electron chi connectivity index (χ3n) is 3.36. The second kappa shape index (κ2) is 4.96. The first-order chi connectivity index (χ1) is 7.72. The van der Waals surface area contributed by atoms with Crippen LogP contribution < -0.4 is 0 Å². The molecule has 1 aromatic heterocycles. The van der Waals surface area contributed by atoms with Crippen molar-refractivity contribution in [3.8, 4) is 0 Å². The first kappa shape index (κ1) is 11.6. The van der Waals surface area contributed by atoms with Gasteiger partial charge in [0.15, 0.2) is 0 Å². The van der Waals surface area contributed by atoms with Gasteiger partial charge in [-0.15, -0.1) is 11.3 Å². The van der Waals surface area contributed by atoms with Crippen molar-refractivity contribution >= 4 is 17.1 Å². The molecule has 2 rings (SSSR count). The molecule has 0 aliphatic heterocycles. The van der Waals surface area contributed by atoms with Gasteiger partial charge in [-0.25, -0.2) is 0 Å². The highest BCUT2D eigenvalue weighted by molar-refractivity contribution is 7.10. The minimum absolute atomic E-state index is 0.151. The molecule has 1 aliphatic carbocycles. The van der Waals surface area contributed by atoms with Gasteiger partial charge in [-0.3, -0.25) is 4.79 Å². The van der Waals surface area contributed by atoms with E-state index in [4.69, 9.17) is 0 Å². The van der Waals surface area contributed by atoms with Crippen molar-refractivity contribution in [1.82, 2.24) is 0 Å². The number of thiophene rings is 1. The molecular formula is C14H18OS. The van der Waals surface area contributed by atoms with Gasteiger partial charge in [-0.05, 0) is 42.7 Å². The molecule has 0 fully saturated rings. The predicted octanol–water partition coefficient (Wildman–Crippen LogP) is 4.09. The fourth-order valence-corrected chi connectivity index (χ4v) is 3.30. The zero-order valence-electron chi connectivity index (χ0n) is 9.79. The molecule has 0 bridgehead atoms. The maximum atomic E-state index is 12.2. The lowest BCUT2D eigenvalue weighted by atomic mass is 9.83. The van der Waals surface area contributed by atoms with Crippen LogP contribution in [0.25, 0.3) is 0 Å². The molecule has 2 heteroatoms. The molecule has 1 aliphatic rings. The highest BCUT2D eigenvalue weighted by Gasteiger charge is 2.26. The fourth-order valence-electron chi connectivity index (χ4n) is 2.32. The number of aryl methyl sites for hydroxylation is 1. The summed E-state index contributed by atoms with van der Waals surface area (Å²) in [7, 11) is 0. The Morgan fingerprint density at radius 3 is 3.19 bits per heavy atom. The molecule has 1 atom stereocenters. The molecule has 1 heterocycles. The van der Waals surface area contributed by atoms with Gasteiger partial charge in [-0.1, -0.05) is 19.1 Å². The lowest BCUT2D eigenvalue weighted by molar-refractivity contribution is -0.120. The summed E-state index contributed by atoms with van der Waals surface area (Å²) in [6.07, 6.45) is 4.82. The predicted molar refractivity (Wildman–Crippen MR) is 69.1 cm³/mol. The summed E-state index contributed by atoms with van der Waals surface area (Å²) in [6.45, 7) is 6.00. The van der Waals surface area contributed by atoms with Gasteiger partial charge >= 0.3 is 0 Å². The van der Waals surface area contributed by atoms with Crippen LogP contribution in [-0.2, 0) is 11.2 Å². The SMILES string of the molecule is C=C(CC)CC(=O)C1CCCc2sccc21. The van der Waals surface area contributed by atoms with Crippen molar-refractivity contribution in [2.75, 3.05) is 0 Å². The molecular weight excluding hydrogens is 216 g/mol. The minimum atomic E-state index is 0.151. The van der Waals surface area contributed by atoms with E-state index in [1.165, 1.54) is 10.4 Å². The normalized spacial score (nSPS) is 19.2. The molecule has 86 valence electrons. The number of Topliss-reactive ketones (excluding diaryl/α,β-unsaturated/α-hetero) is 1. The van der Waals surface area contributed by atoms with E-state index in [0.717, 1.165) is 31.3 Å². The summed E-state index contributed by atoms with van der Waals surface area (Å²) < 4.78 is 0. The average Bonchev–Trinajstić information content (AvgIpc) is 2.76. The molecule has 0 amide bonds. The van der Waals surface area contributed by atoms with E-state index >= 15 is 0 Å². The van der Waals surface area contributed by atoms with Gasteiger partial charge in [0.2, 0.25) is 0 Å². The van der Waals surface area contributed by atoms with Gasteiger partial charge < -0.3 is 0 Å². The van der Waals surface area contributed by atoms with E-state index in [1.807, 2.05) is 0 Å². The maximum absolute atomic E-state index is 12.2. The van der Waals surface area contributed by atoms with Crippen LogP contribution in [-0.4, -0.2) is 5.78 Å². The molecule has 0 saturated heterocycles. The maximum Gasteiger partial charge on any atom is 0.144 e. The Labute approximate surface area is 101 Å². The molecule has 0 saturated carbocycles. The Hall–Kier alpha value is -0.890. The largest absolute Gasteiger partial charge is 0.299 e. The summed E-state index contributed by atoms with van der Waals surface area (Å²) in [5.41, 5.74) is 2.36. The Kier molecular flexibility index (Phi) is 3.59. The highest BCUT2D eigenvalue weighted by atomic mass is 32.1. The number of allylic oxidation sites excluding steroid dienone is 1. The van der Waals surface area contributed by atoms with Crippen LogP contribution in [0.2, 0.25) is 0 Å². The Balaban J connectivity index is 2.12. The standard InChI is InChI=1S/C14H18OS/c1-3-10(2)9-13(15)11-5-4-6-14-12(11)7-8-16-14/h7-8,11H,2-6,9H2,1H3. The summed E-state index contributed by atoms with van der Waals surface area (Å²) in [6, 6.07) is 2.14.